The van der Waals surface area contributed by atoms with Crippen LogP contribution in [-0.2, 0) is 5.75 Å². The van der Waals surface area contributed by atoms with Gasteiger partial charge in [0.05, 0.1) is 5.69 Å². The van der Waals surface area contributed by atoms with Crippen LogP contribution in [0.15, 0.2) is 10.7 Å². The predicted molar refractivity (Wildman–Crippen MR) is 38.5 cm³/mol. The first-order valence-corrected chi connectivity index (χ1v) is 4.12. The van der Waals surface area contributed by atoms with Crippen molar-refractivity contribution in [2.45, 2.75) is 12.7 Å². The molecule has 0 saturated carbocycles. The SMILES string of the molecule is CSCc1coc(C)n1. The fraction of sp³-hybridized carbons (Fsp3) is 0.500. The molecule has 0 bridgehead atoms. The highest BCUT2D eigenvalue weighted by molar-refractivity contribution is 7.97. The maximum Gasteiger partial charge on any atom is 0.191 e. The standard InChI is InChI=1S/C6H9NOS/c1-5-7-6(3-8-5)4-9-2/h3H,4H2,1-2H3. The van der Waals surface area contributed by atoms with Gasteiger partial charge in [0.1, 0.15) is 6.26 Å². The summed E-state index contributed by atoms with van der Waals surface area (Å²) < 4.78 is 4.99. The summed E-state index contributed by atoms with van der Waals surface area (Å²) in [5.41, 5.74) is 1.03. The Kier molecular flexibility index (Phi) is 2.16. The zero-order chi connectivity index (χ0) is 6.69. The second-order valence-corrected chi connectivity index (χ2v) is 2.66. The summed E-state index contributed by atoms with van der Waals surface area (Å²) in [5, 5.41) is 0. The number of hydrogen-bond acceptors (Lipinski definition) is 3. The molecule has 1 aromatic rings. The minimum atomic E-state index is 0.749. The van der Waals surface area contributed by atoms with Crippen molar-refractivity contribution in [2.75, 3.05) is 6.26 Å². The van der Waals surface area contributed by atoms with E-state index in [4.69, 9.17) is 4.42 Å². The largest absolute Gasteiger partial charge is 0.449 e. The molecule has 1 aromatic heterocycles. The minimum absolute atomic E-state index is 0.749. The van der Waals surface area contributed by atoms with E-state index in [2.05, 4.69) is 4.98 Å². The lowest BCUT2D eigenvalue weighted by Crippen LogP contribution is -1.77. The van der Waals surface area contributed by atoms with Gasteiger partial charge >= 0.3 is 0 Å². The monoisotopic (exact) mass is 143 g/mol. The van der Waals surface area contributed by atoms with Crippen molar-refractivity contribution >= 4 is 11.8 Å². The molecule has 0 amide bonds. The average molecular weight is 143 g/mol. The van der Waals surface area contributed by atoms with Crippen molar-refractivity contribution in [1.29, 1.82) is 0 Å². The highest BCUT2D eigenvalue weighted by Crippen LogP contribution is 2.07. The molecule has 0 spiro atoms. The fourth-order valence-electron chi connectivity index (χ4n) is 0.622. The third kappa shape index (κ3) is 1.75. The molecule has 3 heteroatoms. The van der Waals surface area contributed by atoms with E-state index in [9.17, 15) is 0 Å². The van der Waals surface area contributed by atoms with Crippen molar-refractivity contribution < 1.29 is 4.42 Å². The molecule has 0 radical (unpaired) electrons. The van der Waals surface area contributed by atoms with Crippen molar-refractivity contribution in [3.05, 3.63) is 17.8 Å². The van der Waals surface area contributed by atoms with Gasteiger partial charge < -0.3 is 4.42 Å². The first kappa shape index (κ1) is 6.68. The summed E-state index contributed by atoms with van der Waals surface area (Å²) in [7, 11) is 0. The summed E-state index contributed by atoms with van der Waals surface area (Å²) >= 11 is 1.75. The normalized spacial score (nSPS) is 10.0. The lowest BCUT2D eigenvalue weighted by atomic mass is 10.6. The van der Waals surface area contributed by atoms with Gasteiger partial charge in [0.15, 0.2) is 5.89 Å². The summed E-state index contributed by atoms with van der Waals surface area (Å²) in [4.78, 5) is 4.11. The van der Waals surface area contributed by atoms with Gasteiger partial charge in [0, 0.05) is 12.7 Å². The van der Waals surface area contributed by atoms with Crippen LogP contribution in [0.3, 0.4) is 0 Å². The van der Waals surface area contributed by atoms with E-state index in [1.807, 2.05) is 13.2 Å². The molecule has 1 heterocycles. The summed E-state index contributed by atoms with van der Waals surface area (Å²) in [6.45, 7) is 1.85. The molecule has 0 aliphatic heterocycles. The zero-order valence-corrected chi connectivity index (χ0v) is 6.36. The molecule has 0 aliphatic carbocycles. The van der Waals surface area contributed by atoms with E-state index in [0.717, 1.165) is 17.3 Å². The molecule has 2 nitrogen and oxygen atoms in total. The number of hydrogen-bond donors (Lipinski definition) is 0. The first-order chi connectivity index (χ1) is 4.33. The van der Waals surface area contributed by atoms with Gasteiger partial charge in [-0.3, -0.25) is 0 Å². The van der Waals surface area contributed by atoms with Crippen LogP contribution in [0.1, 0.15) is 11.6 Å². The van der Waals surface area contributed by atoms with Crippen LogP contribution in [0, 0.1) is 6.92 Å². The van der Waals surface area contributed by atoms with Gasteiger partial charge in [0.2, 0.25) is 0 Å². The van der Waals surface area contributed by atoms with Gasteiger partial charge in [-0.2, -0.15) is 11.8 Å². The van der Waals surface area contributed by atoms with Gasteiger partial charge in [-0.05, 0) is 6.26 Å². The maximum atomic E-state index is 4.99. The second kappa shape index (κ2) is 2.92. The highest BCUT2D eigenvalue weighted by Gasteiger charge is 1.95. The molecule has 0 aromatic carbocycles. The quantitative estimate of drug-likeness (QED) is 0.632. The van der Waals surface area contributed by atoms with Crippen molar-refractivity contribution in [2.24, 2.45) is 0 Å². The maximum absolute atomic E-state index is 4.99. The Bertz CT molecular complexity index is 185. The third-order valence-corrected chi connectivity index (χ3v) is 1.54. The van der Waals surface area contributed by atoms with Crippen LogP contribution >= 0.6 is 11.8 Å². The minimum Gasteiger partial charge on any atom is -0.449 e. The molecular weight excluding hydrogens is 134 g/mol. The molecule has 0 N–H and O–H groups in total. The topological polar surface area (TPSA) is 26.0 Å². The summed E-state index contributed by atoms with van der Waals surface area (Å²) in [5.74, 6) is 1.69. The number of aryl methyl sites for hydroxylation is 1. The van der Waals surface area contributed by atoms with Crippen LogP contribution in [-0.4, -0.2) is 11.2 Å². The Morgan fingerprint density at radius 2 is 2.56 bits per heavy atom. The number of rotatable bonds is 2. The Morgan fingerprint density at radius 3 is 3.00 bits per heavy atom. The predicted octanol–water partition coefficient (Wildman–Crippen LogP) is 1.85. The Labute approximate surface area is 58.7 Å². The molecular formula is C6H9NOS. The van der Waals surface area contributed by atoms with E-state index in [1.54, 1.807) is 18.0 Å². The lowest BCUT2D eigenvalue weighted by molar-refractivity contribution is 0.521. The zero-order valence-electron chi connectivity index (χ0n) is 5.55. The summed E-state index contributed by atoms with van der Waals surface area (Å²) in [6.07, 6.45) is 3.75. The van der Waals surface area contributed by atoms with E-state index < -0.39 is 0 Å². The Balaban J connectivity index is 2.61. The van der Waals surface area contributed by atoms with Gasteiger partial charge in [-0.15, -0.1) is 0 Å². The molecule has 1 rings (SSSR count). The number of aromatic nitrogens is 1. The Hall–Kier alpha value is -0.440. The molecule has 0 fully saturated rings. The van der Waals surface area contributed by atoms with Crippen LogP contribution < -0.4 is 0 Å². The number of nitrogens with zero attached hydrogens (tertiary/aromatic N) is 1. The second-order valence-electron chi connectivity index (χ2n) is 1.79. The molecule has 0 unspecified atom stereocenters. The van der Waals surface area contributed by atoms with Crippen LogP contribution in [0.2, 0.25) is 0 Å². The molecule has 50 valence electrons. The lowest BCUT2D eigenvalue weighted by Gasteiger charge is -1.84. The van der Waals surface area contributed by atoms with E-state index in [0.29, 0.717) is 0 Å². The van der Waals surface area contributed by atoms with Crippen molar-refractivity contribution in [3.8, 4) is 0 Å². The van der Waals surface area contributed by atoms with E-state index in [-0.39, 0.29) is 0 Å². The van der Waals surface area contributed by atoms with Crippen molar-refractivity contribution in [1.82, 2.24) is 4.98 Å². The molecule has 0 saturated heterocycles. The average Bonchev–Trinajstić information content (AvgIpc) is 2.17. The third-order valence-electron chi connectivity index (χ3n) is 0.959. The van der Waals surface area contributed by atoms with Gasteiger partial charge in [-0.1, -0.05) is 0 Å². The van der Waals surface area contributed by atoms with Gasteiger partial charge in [-0.25, -0.2) is 4.98 Å². The van der Waals surface area contributed by atoms with Crippen LogP contribution in [0.25, 0.3) is 0 Å². The van der Waals surface area contributed by atoms with Crippen molar-refractivity contribution in [3.63, 3.8) is 0 Å². The Morgan fingerprint density at radius 1 is 1.78 bits per heavy atom. The van der Waals surface area contributed by atoms with Crippen LogP contribution in [0.5, 0.6) is 0 Å². The van der Waals surface area contributed by atoms with Crippen LogP contribution in [0.4, 0.5) is 0 Å². The smallest absolute Gasteiger partial charge is 0.191 e. The van der Waals surface area contributed by atoms with E-state index >= 15 is 0 Å². The van der Waals surface area contributed by atoms with Gasteiger partial charge in [0.25, 0.3) is 0 Å². The number of oxazole rings is 1. The molecule has 9 heavy (non-hydrogen) atoms. The number of thioether (sulfide) groups is 1. The van der Waals surface area contributed by atoms with E-state index in [1.165, 1.54) is 0 Å². The highest BCUT2D eigenvalue weighted by atomic mass is 32.2. The first-order valence-electron chi connectivity index (χ1n) is 2.73. The summed E-state index contributed by atoms with van der Waals surface area (Å²) in [6, 6.07) is 0. The fourth-order valence-corrected chi connectivity index (χ4v) is 1.05. The molecule has 0 aliphatic rings. The molecule has 0 atom stereocenters.